The van der Waals surface area contributed by atoms with Crippen LogP contribution in [0.2, 0.25) is 0 Å². The van der Waals surface area contributed by atoms with Crippen molar-refractivity contribution in [1.82, 2.24) is 10.2 Å². The van der Waals surface area contributed by atoms with Crippen molar-refractivity contribution < 1.29 is 28.2 Å². The van der Waals surface area contributed by atoms with Gasteiger partial charge in [-0.1, -0.05) is 24.3 Å². The summed E-state index contributed by atoms with van der Waals surface area (Å²) in [5.41, 5.74) is 2.28. The van der Waals surface area contributed by atoms with E-state index in [1.165, 1.54) is 24.0 Å². The van der Waals surface area contributed by atoms with Gasteiger partial charge >= 0.3 is 6.09 Å². The molecule has 2 aromatic carbocycles. The van der Waals surface area contributed by atoms with Crippen molar-refractivity contribution in [2.75, 3.05) is 44.3 Å². The summed E-state index contributed by atoms with van der Waals surface area (Å²) in [5, 5.41) is 2.61. The zero-order chi connectivity index (χ0) is 24.1. The highest BCUT2D eigenvalue weighted by Crippen LogP contribution is 2.29. The molecule has 0 bridgehead atoms. The largest absolute Gasteiger partial charge is 0.442 e. The van der Waals surface area contributed by atoms with E-state index in [-0.39, 0.29) is 24.9 Å². The Labute approximate surface area is 196 Å². The lowest BCUT2D eigenvalue weighted by atomic mass is 10.0. The Morgan fingerprint density at radius 2 is 1.88 bits per heavy atom. The van der Waals surface area contributed by atoms with Crippen molar-refractivity contribution in [1.29, 1.82) is 0 Å². The second kappa shape index (κ2) is 10.5. The molecule has 8 nitrogen and oxygen atoms in total. The van der Waals surface area contributed by atoms with E-state index in [9.17, 15) is 18.8 Å². The highest BCUT2D eigenvalue weighted by atomic mass is 19.1. The second-order valence-corrected chi connectivity index (χ2v) is 8.11. The molecule has 0 saturated carbocycles. The number of anilines is 1. The van der Waals surface area contributed by atoms with Crippen LogP contribution in [0.5, 0.6) is 0 Å². The number of hydrogen-bond donors (Lipinski definition) is 1. The van der Waals surface area contributed by atoms with Crippen LogP contribution in [0, 0.1) is 5.82 Å². The summed E-state index contributed by atoms with van der Waals surface area (Å²) in [6, 6.07) is 11.8. The molecule has 178 valence electrons. The minimum atomic E-state index is -0.578. The van der Waals surface area contributed by atoms with Crippen LogP contribution in [0.3, 0.4) is 0 Å². The molecule has 1 atom stereocenters. The van der Waals surface area contributed by atoms with Crippen LogP contribution in [0.4, 0.5) is 14.9 Å². The van der Waals surface area contributed by atoms with Gasteiger partial charge in [0.25, 0.3) is 0 Å². The first-order valence-electron chi connectivity index (χ1n) is 11.1. The highest BCUT2D eigenvalue weighted by Gasteiger charge is 2.32. The van der Waals surface area contributed by atoms with Gasteiger partial charge in [-0.05, 0) is 35.4 Å². The second-order valence-electron chi connectivity index (χ2n) is 8.11. The summed E-state index contributed by atoms with van der Waals surface area (Å²) in [6.07, 6.45) is 2.20. The number of rotatable bonds is 6. The smallest absolute Gasteiger partial charge is 0.414 e. The van der Waals surface area contributed by atoms with E-state index in [0.29, 0.717) is 43.1 Å². The van der Waals surface area contributed by atoms with Crippen LogP contribution in [0.1, 0.15) is 12.5 Å². The van der Waals surface area contributed by atoms with Gasteiger partial charge in [-0.2, -0.15) is 0 Å². The van der Waals surface area contributed by atoms with E-state index >= 15 is 0 Å². The molecule has 2 aliphatic rings. The van der Waals surface area contributed by atoms with Gasteiger partial charge < -0.3 is 19.7 Å². The summed E-state index contributed by atoms with van der Waals surface area (Å²) in [6.45, 7) is 4.09. The molecule has 2 heterocycles. The van der Waals surface area contributed by atoms with Crippen molar-refractivity contribution in [3.05, 3.63) is 59.9 Å². The van der Waals surface area contributed by atoms with Gasteiger partial charge in [0, 0.05) is 31.7 Å². The molecule has 0 aliphatic carbocycles. The molecular weight excluding hydrogens is 441 g/mol. The fourth-order valence-electron chi connectivity index (χ4n) is 3.83. The Hall–Kier alpha value is -3.72. The van der Waals surface area contributed by atoms with E-state index in [0.717, 1.165) is 5.56 Å². The van der Waals surface area contributed by atoms with Crippen LogP contribution in [0.15, 0.2) is 48.5 Å². The normalized spacial score (nSPS) is 18.3. The number of benzene rings is 2. The summed E-state index contributed by atoms with van der Waals surface area (Å²) in [7, 11) is 0. The first-order chi connectivity index (χ1) is 16.4. The molecule has 2 aliphatic heterocycles. The van der Waals surface area contributed by atoms with E-state index in [4.69, 9.17) is 9.47 Å². The monoisotopic (exact) mass is 467 g/mol. The lowest BCUT2D eigenvalue weighted by molar-refractivity contribution is -0.129. The number of carbonyl (C=O) groups excluding carboxylic acids is 3. The average molecular weight is 467 g/mol. The molecule has 0 aromatic heterocycles. The number of hydrogen-bond acceptors (Lipinski definition) is 5. The third-order valence-corrected chi connectivity index (χ3v) is 5.68. The fourth-order valence-corrected chi connectivity index (χ4v) is 3.83. The third-order valence-electron chi connectivity index (χ3n) is 5.68. The zero-order valence-corrected chi connectivity index (χ0v) is 18.8. The Kier molecular flexibility index (Phi) is 7.22. The maximum Gasteiger partial charge on any atom is 0.414 e. The van der Waals surface area contributed by atoms with Crippen molar-refractivity contribution in [2.24, 2.45) is 0 Å². The lowest BCUT2D eigenvalue weighted by Gasteiger charge is -2.25. The minimum Gasteiger partial charge on any atom is -0.442 e. The van der Waals surface area contributed by atoms with E-state index in [1.807, 2.05) is 12.1 Å². The van der Waals surface area contributed by atoms with Gasteiger partial charge in [-0.25, -0.2) is 9.18 Å². The Morgan fingerprint density at radius 3 is 2.56 bits per heavy atom. The Morgan fingerprint density at radius 1 is 1.15 bits per heavy atom. The third kappa shape index (κ3) is 5.60. The summed E-state index contributed by atoms with van der Waals surface area (Å²) >= 11 is 0. The van der Waals surface area contributed by atoms with Crippen molar-refractivity contribution in [2.45, 2.75) is 13.0 Å². The summed E-state index contributed by atoms with van der Waals surface area (Å²) in [5.74, 6) is -0.745. The van der Waals surface area contributed by atoms with Gasteiger partial charge in [0.15, 0.2) is 0 Å². The van der Waals surface area contributed by atoms with Gasteiger partial charge in [-0.3, -0.25) is 14.5 Å². The lowest BCUT2D eigenvalue weighted by Crippen LogP contribution is -2.39. The molecular formula is C25H26FN3O5. The van der Waals surface area contributed by atoms with E-state index in [1.54, 1.807) is 35.2 Å². The maximum atomic E-state index is 14.9. The maximum absolute atomic E-state index is 14.9. The Bertz CT molecular complexity index is 1100. The van der Waals surface area contributed by atoms with Gasteiger partial charge in [0.2, 0.25) is 11.8 Å². The first-order valence-corrected chi connectivity index (χ1v) is 11.1. The minimum absolute atomic E-state index is 0.0613. The molecule has 2 aromatic rings. The van der Waals surface area contributed by atoms with Crippen molar-refractivity contribution >= 4 is 29.7 Å². The molecule has 3 amide bonds. The molecule has 34 heavy (non-hydrogen) atoms. The van der Waals surface area contributed by atoms with E-state index < -0.39 is 18.0 Å². The summed E-state index contributed by atoms with van der Waals surface area (Å²) < 4.78 is 25.4. The van der Waals surface area contributed by atoms with E-state index in [2.05, 4.69) is 5.32 Å². The standard InChI is InChI=1S/C25H26FN3O5/c1-17(30)27-15-21-16-29(25(32)34-21)20-7-8-22(23(26)14-20)19-5-2-18(3-6-19)4-9-24(31)28-10-12-33-13-11-28/h2-9,14,21H,10-13,15-16H2,1H3,(H,27,30)/b9-4+/t21-/m0/s1. The number of carbonyl (C=O) groups is 3. The predicted octanol–water partition coefficient (Wildman–Crippen LogP) is 2.83. The van der Waals surface area contributed by atoms with Gasteiger partial charge in [0.05, 0.1) is 32.0 Å². The molecule has 1 N–H and O–H groups in total. The number of amides is 3. The number of nitrogens with one attached hydrogen (secondary N) is 1. The summed E-state index contributed by atoms with van der Waals surface area (Å²) in [4.78, 5) is 38.6. The quantitative estimate of drug-likeness (QED) is 0.660. The SMILES string of the molecule is CC(=O)NC[C@H]1CN(c2ccc(-c3ccc(/C=C/C(=O)N4CCOCC4)cc3)c(F)c2)C(=O)O1. The number of halogens is 1. The van der Waals surface area contributed by atoms with Gasteiger partial charge in [0.1, 0.15) is 11.9 Å². The van der Waals surface area contributed by atoms with Crippen LogP contribution in [-0.4, -0.2) is 68.3 Å². The molecule has 0 unspecified atom stereocenters. The first kappa shape index (κ1) is 23.4. The van der Waals surface area contributed by atoms with Gasteiger partial charge in [-0.15, -0.1) is 0 Å². The number of ether oxygens (including phenoxy) is 2. The van der Waals surface area contributed by atoms with Crippen LogP contribution in [0.25, 0.3) is 17.2 Å². The average Bonchev–Trinajstić information content (AvgIpc) is 3.22. The number of cyclic esters (lactones) is 1. The zero-order valence-electron chi connectivity index (χ0n) is 18.8. The predicted molar refractivity (Wildman–Crippen MR) is 125 cm³/mol. The topological polar surface area (TPSA) is 88.2 Å². The van der Waals surface area contributed by atoms with Crippen molar-refractivity contribution in [3.63, 3.8) is 0 Å². The molecule has 2 saturated heterocycles. The fraction of sp³-hybridized carbons (Fsp3) is 0.320. The highest BCUT2D eigenvalue weighted by molar-refractivity contribution is 5.92. The molecule has 2 fully saturated rings. The Balaban J connectivity index is 1.41. The molecule has 0 radical (unpaired) electrons. The molecule has 9 heteroatoms. The van der Waals surface area contributed by atoms with Crippen LogP contribution >= 0.6 is 0 Å². The number of morpholine rings is 1. The van der Waals surface area contributed by atoms with Crippen LogP contribution < -0.4 is 10.2 Å². The number of nitrogens with zero attached hydrogens (tertiary/aromatic N) is 2. The van der Waals surface area contributed by atoms with Crippen molar-refractivity contribution in [3.8, 4) is 11.1 Å². The molecule has 0 spiro atoms. The van der Waals surface area contributed by atoms with Crippen LogP contribution in [-0.2, 0) is 19.1 Å². The molecule has 4 rings (SSSR count).